The van der Waals surface area contributed by atoms with E-state index in [1.54, 1.807) is 17.7 Å². The van der Waals surface area contributed by atoms with Crippen molar-refractivity contribution in [3.05, 3.63) is 17.3 Å². The van der Waals surface area contributed by atoms with Crippen molar-refractivity contribution in [2.75, 3.05) is 11.9 Å². The number of aliphatic hydroxyl groups excluding tert-OH is 1. The van der Waals surface area contributed by atoms with Crippen LogP contribution in [0.5, 0.6) is 0 Å². The predicted molar refractivity (Wildman–Crippen MR) is 92.5 cm³/mol. The summed E-state index contributed by atoms with van der Waals surface area (Å²) in [6.45, 7) is 3.08. The number of aryl methyl sites for hydroxylation is 1. The van der Waals surface area contributed by atoms with E-state index in [-0.39, 0.29) is 6.10 Å². The van der Waals surface area contributed by atoms with Gasteiger partial charge in [-0.25, -0.2) is 9.97 Å². The second-order valence-electron chi connectivity index (χ2n) is 6.19. The second kappa shape index (κ2) is 7.38. The normalized spacial score (nSPS) is 22.1. The highest BCUT2D eigenvalue weighted by atomic mass is 32.1. The molecule has 1 aliphatic carbocycles. The summed E-state index contributed by atoms with van der Waals surface area (Å²) in [5.41, 5.74) is 0. The highest BCUT2D eigenvalue weighted by Crippen LogP contribution is 2.29. The number of rotatable bonds is 6. The van der Waals surface area contributed by atoms with Gasteiger partial charge in [-0.2, -0.15) is 0 Å². The van der Waals surface area contributed by atoms with Crippen LogP contribution in [0.3, 0.4) is 0 Å². The first kappa shape index (κ1) is 15.7. The third-order valence-electron chi connectivity index (χ3n) is 4.64. The second-order valence-corrected chi connectivity index (χ2v) is 7.30. The molecule has 1 fully saturated rings. The van der Waals surface area contributed by atoms with E-state index in [0.29, 0.717) is 5.92 Å². The van der Waals surface area contributed by atoms with Crippen LogP contribution >= 0.6 is 11.3 Å². The fourth-order valence-electron chi connectivity index (χ4n) is 3.32. The molecule has 2 unspecified atom stereocenters. The van der Waals surface area contributed by atoms with Crippen molar-refractivity contribution in [1.82, 2.24) is 9.97 Å². The van der Waals surface area contributed by atoms with Gasteiger partial charge in [0.05, 0.1) is 11.5 Å². The Morgan fingerprint density at radius 2 is 2.18 bits per heavy atom. The van der Waals surface area contributed by atoms with E-state index in [4.69, 9.17) is 0 Å². The lowest BCUT2D eigenvalue weighted by molar-refractivity contribution is 0.0648. The van der Waals surface area contributed by atoms with Crippen LogP contribution in [0.25, 0.3) is 10.2 Å². The molecule has 0 amide bonds. The summed E-state index contributed by atoms with van der Waals surface area (Å²) in [4.78, 5) is 11.2. The third kappa shape index (κ3) is 3.58. The van der Waals surface area contributed by atoms with Crippen LogP contribution in [0.2, 0.25) is 0 Å². The Bertz CT molecular complexity index is 613. The van der Waals surface area contributed by atoms with E-state index in [1.807, 2.05) is 0 Å². The maximum atomic E-state index is 10.0. The smallest absolute Gasteiger partial charge is 0.138 e. The fraction of sp³-hybridized carbons (Fsp3) is 0.647. The average Bonchev–Trinajstić information content (AvgIpc) is 2.97. The van der Waals surface area contributed by atoms with Gasteiger partial charge in [-0.15, -0.1) is 11.3 Å². The zero-order valence-corrected chi connectivity index (χ0v) is 14.0. The number of nitrogens with zero attached hydrogens (tertiary/aromatic N) is 2. The predicted octanol–water partition coefficient (Wildman–Crippen LogP) is 4.00. The van der Waals surface area contributed by atoms with Gasteiger partial charge in [0, 0.05) is 11.4 Å². The molecule has 3 rings (SSSR count). The molecule has 2 heterocycles. The molecule has 0 bridgehead atoms. The van der Waals surface area contributed by atoms with Crippen molar-refractivity contribution in [2.24, 2.45) is 5.92 Å². The summed E-state index contributed by atoms with van der Waals surface area (Å²) in [5, 5.41) is 14.6. The average molecular weight is 319 g/mol. The van der Waals surface area contributed by atoms with Crippen molar-refractivity contribution in [3.63, 3.8) is 0 Å². The Kier molecular flexibility index (Phi) is 5.26. The minimum atomic E-state index is -0.0801. The molecule has 0 radical (unpaired) electrons. The van der Waals surface area contributed by atoms with E-state index in [2.05, 4.69) is 28.3 Å². The van der Waals surface area contributed by atoms with Crippen LogP contribution in [0.15, 0.2) is 12.4 Å². The highest BCUT2D eigenvalue weighted by Gasteiger charge is 2.22. The Morgan fingerprint density at radius 1 is 1.32 bits per heavy atom. The first-order valence-electron chi connectivity index (χ1n) is 8.43. The van der Waals surface area contributed by atoms with Crippen LogP contribution in [-0.2, 0) is 6.42 Å². The number of anilines is 1. The number of thiophene rings is 1. The number of aromatic nitrogens is 2. The molecule has 2 aromatic rings. The lowest BCUT2D eigenvalue weighted by Crippen LogP contribution is -2.24. The van der Waals surface area contributed by atoms with Crippen LogP contribution in [0.1, 0.15) is 50.3 Å². The highest BCUT2D eigenvalue weighted by molar-refractivity contribution is 7.18. The van der Waals surface area contributed by atoms with Crippen LogP contribution in [0.4, 0.5) is 5.82 Å². The fourth-order valence-corrected chi connectivity index (χ4v) is 4.25. The summed E-state index contributed by atoms with van der Waals surface area (Å²) >= 11 is 1.75. The van der Waals surface area contributed by atoms with Crippen molar-refractivity contribution in [1.29, 1.82) is 0 Å². The Balaban J connectivity index is 1.54. The first-order valence-corrected chi connectivity index (χ1v) is 9.25. The zero-order valence-electron chi connectivity index (χ0n) is 13.2. The lowest BCUT2D eigenvalue weighted by atomic mass is 9.83. The monoisotopic (exact) mass is 319 g/mol. The molecular formula is C17H25N3OS. The van der Waals surface area contributed by atoms with Gasteiger partial charge in [0.15, 0.2) is 0 Å². The van der Waals surface area contributed by atoms with E-state index in [1.165, 1.54) is 24.1 Å². The number of fused-ring (bicyclic) bond motifs is 1. The van der Waals surface area contributed by atoms with Crippen molar-refractivity contribution >= 4 is 27.4 Å². The molecule has 1 aliphatic rings. The number of hydrogen-bond acceptors (Lipinski definition) is 5. The van der Waals surface area contributed by atoms with Gasteiger partial charge in [-0.1, -0.05) is 19.8 Å². The topological polar surface area (TPSA) is 58.0 Å². The van der Waals surface area contributed by atoms with Gasteiger partial charge in [0.25, 0.3) is 0 Å². The molecule has 5 heteroatoms. The maximum absolute atomic E-state index is 10.0. The molecule has 4 nitrogen and oxygen atoms in total. The number of aliphatic hydroxyl groups is 1. The Hall–Kier alpha value is -1.20. The van der Waals surface area contributed by atoms with Gasteiger partial charge in [-0.3, -0.25) is 0 Å². The number of hydrogen-bond donors (Lipinski definition) is 2. The van der Waals surface area contributed by atoms with Gasteiger partial charge in [0.2, 0.25) is 0 Å². The van der Waals surface area contributed by atoms with E-state index in [9.17, 15) is 5.11 Å². The molecule has 0 aliphatic heterocycles. The van der Waals surface area contributed by atoms with Gasteiger partial charge in [-0.05, 0) is 44.1 Å². The minimum absolute atomic E-state index is 0.0801. The lowest BCUT2D eigenvalue weighted by Gasteiger charge is -2.27. The van der Waals surface area contributed by atoms with E-state index >= 15 is 0 Å². The standard InChI is InChI=1S/C17H25N3OS/c1-2-13-10-14-16(19-11-20-17(14)22-13)18-9-5-7-12-6-3-4-8-15(12)21/h10-12,15,21H,2-9H2,1H3,(H,18,19,20). The molecule has 2 N–H and O–H groups in total. The summed E-state index contributed by atoms with van der Waals surface area (Å²) in [6, 6.07) is 2.20. The van der Waals surface area contributed by atoms with Crippen LogP contribution < -0.4 is 5.32 Å². The van der Waals surface area contributed by atoms with Crippen LogP contribution in [0, 0.1) is 5.92 Å². The Labute approximate surface area is 136 Å². The largest absolute Gasteiger partial charge is 0.393 e. The quantitative estimate of drug-likeness (QED) is 0.790. The molecule has 120 valence electrons. The van der Waals surface area contributed by atoms with Crippen molar-refractivity contribution in [2.45, 2.75) is 58.0 Å². The summed E-state index contributed by atoms with van der Waals surface area (Å²) in [7, 11) is 0. The molecule has 0 aromatic carbocycles. The molecule has 0 saturated heterocycles. The minimum Gasteiger partial charge on any atom is -0.393 e. The molecule has 0 spiro atoms. The van der Waals surface area contributed by atoms with Crippen molar-refractivity contribution in [3.8, 4) is 0 Å². The summed E-state index contributed by atoms with van der Waals surface area (Å²) < 4.78 is 0. The van der Waals surface area contributed by atoms with E-state index in [0.717, 1.165) is 48.3 Å². The van der Waals surface area contributed by atoms with Crippen LogP contribution in [-0.4, -0.2) is 27.7 Å². The molecule has 2 atom stereocenters. The summed E-state index contributed by atoms with van der Waals surface area (Å²) in [6.07, 6.45) is 9.42. The maximum Gasteiger partial charge on any atom is 0.138 e. The summed E-state index contributed by atoms with van der Waals surface area (Å²) in [5.74, 6) is 1.44. The molecule has 1 saturated carbocycles. The van der Waals surface area contributed by atoms with Crippen molar-refractivity contribution < 1.29 is 5.11 Å². The van der Waals surface area contributed by atoms with E-state index < -0.39 is 0 Å². The third-order valence-corrected chi connectivity index (χ3v) is 5.83. The zero-order chi connectivity index (χ0) is 15.4. The van der Waals surface area contributed by atoms with Gasteiger partial charge >= 0.3 is 0 Å². The first-order chi connectivity index (χ1) is 10.8. The molecule has 22 heavy (non-hydrogen) atoms. The molecular weight excluding hydrogens is 294 g/mol. The molecule has 2 aromatic heterocycles. The van der Waals surface area contributed by atoms with Gasteiger partial charge < -0.3 is 10.4 Å². The Morgan fingerprint density at radius 3 is 3.00 bits per heavy atom. The van der Waals surface area contributed by atoms with Gasteiger partial charge in [0.1, 0.15) is 17.0 Å². The number of nitrogens with one attached hydrogen (secondary N) is 1. The SMILES string of the molecule is CCc1cc2c(NCCCC3CCCCC3O)ncnc2s1.